The Balaban J connectivity index is 1.20. The van der Waals surface area contributed by atoms with Crippen LogP contribution in [-0.4, -0.2) is 164 Å². The van der Waals surface area contributed by atoms with E-state index in [4.69, 9.17) is 28.7 Å². The molecule has 90 heavy (non-hydrogen) atoms. The molecule has 11 amide bonds. The van der Waals surface area contributed by atoms with Gasteiger partial charge in [0.15, 0.2) is 5.96 Å². The van der Waals surface area contributed by atoms with Crippen molar-refractivity contribution in [3.8, 4) is 0 Å². The highest BCUT2D eigenvalue weighted by Gasteiger charge is 2.43. The second-order valence-electron chi connectivity index (χ2n) is 23.3. The second kappa shape index (κ2) is 32.2. The fourth-order valence-corrected chi connectivity index (χ4v) is 15.0. The second-order valence-corrected chi connectivity index (χ2v) is 26.1. The van der Waals surface area contributed by atoms with Crippen molar-refractivity contribution in [1.82, 2.24) is 51.7 Å². The minimum absolute atomic E-state index is 0.00165. The Morgan fingerprint density at radius 3 is 2.16 bits per heavy atom. The summed E-state index contributed by atoms with van der Waals surface area (Å²) < 4.78 is 0.569. The van der Waals surface area contributed by atoms with Gasteiger partial charge in [-0.3, -0.25) is 67.1 Å². The molecule has 486 valence electrons. The van der Waals surface area contributed by atoms with Gasteiger partial charge in [-0.2, -0.15) is 0 Å². The number of fused-ring (bicyclic) bond motifs is 2. The van der Waals surface area contributed by atoms with Crippen LogP contribution in [0, 0.1) is 5.92 Å². The van der Waals surface area contributed by atoms with Crippen molar-refractivity contribution in [2.75, 3.05) is 18.8 Å². The Bertz CT molecular complexity index is 3340. The van der Waals surface area contributed by atoms with Crippen molar-refractivity contribution in [2.24, 2.45) is 39.6 Å². The van der Waals surface area contributed by atoms with Crippen LogP contribution in [0.3, 0.4) is 0 Å². The molecule has 2 saturated heterocycles. The lowest BCUT2D eigenvalue weighted by molar-refractivity contribution is -0.142. The summed E-state index contributed by atoms with van der Waals surface area (Å²) in [5, 5.41) is 20.5. The van der Waals surface area contributed by atoms with Crippen molar-refractivity contribution in [3.05, 3.63) is 72.1 Å². The predicted octanol–water partition coefficient (Wildman–Crippen LogP) is -0.455. The number of amides is 11. The number of hydrogen-bond donors (Lipinski definition) is 13. The maximum Gasteiger partial charge on any atom is 0.246 e. The number of nitrogens with zero attached hydrogens (tertiary/aromatic N) is 3. The third kappa shape index (κ3) is 18.5. The van der Waals surface area contributed by atoms with Gasteiger partial charge in [0.2, 0.25) is 71.4 Å². The molecule has 28 nitrogen and oxygen atoms in total. The van der Waals surface area contributed by atoms with E-state index in [1.165, 1.54) is 37.3 Å². The first-order valence-electron chi connectivity index (χ1n) is 30.2. The van der Waals surface area contributed by atoms with Gasteiger partial charge in [0.25, 0.3) is 0 Å². The Labute approximate surface area is 527 Å². The van der Waals surface area contributed by atoms with E-state index in [-0.39, 0.29) is 63.3 Å². The third-order valence-corrected chi connectivity index (χ3v) is 20.0. The first kappa shape index (κ1) is 68.8. The van der Waals surface area contributed by atoms with Gasteiger partial charge in [-0.15, -0.1) is 0 Å². The molecule has 2 aliphatic heterocycles. The molecule has 3 aliphatic rings. The van der Waals surface area contributed by atoms with Gasteiger partial charge in [-0.25, -0.2) is 0 Å². The van der Waals surface area contributed by atoms with E-state index in [0.717, 1.165) is 30.2 Å². The molecule has 1 aliphatic carbocycles. The van der Waals surface area contributed by atoms with E-state index in [1.54, 1.807) is 44.3 Å². The summed E-state index contributed by atoms with van der Waals surface area (Å²) in [7, 11) is 2.51. The average molecular weight is 1280 g/mol. The molecule has 2 aromatic carbocycles. The number of nitrogens with two attached hydrogens (primary N) is 5. The molecule has 18 N–H and O–H groups in total. The van der Waals surface area contributed by atoms with E-state index in [0.29, 0.717) is 54.1 Å². The lowest BCUT2D eigenvalue weighted by Crippen LogP contribution is -2.61. The van der Waals surface area contributed by atoms with E-state index < -0.39 is 143 Å². The Kier molecular flexibility index (Phi) is 24.6. The molecular formula is C60H82N16O12S2. The fraction of sp³-hybridized carbons (Fsp3) is 0.517. The fourth-order valence-electron chi connectivity index (χ4n) is 11.7. The van der Waals surface area contributed by atoms with Gasteiger partial charge in [-0.1, -0.05) is 97.5 Å². The van der Waals surface area contributed by atoms with Crippen molar-refractivity contribution in [3.63, 3.8) is 0 Å². The van der Waals surface area contributed by atoms with Crippen LogP contribution in [0.5, 0.6) is 0 Å². The minimum Gasteiger partial charge on any atom is -0.370 e. The molecule has 0 radical (unpaired) electrons. The smallest absolute Gasteiger partial charge is 0.246 e. The maximum absolute atomic E-state index is 15.2. The average Bonchev–Trinajstić information content (AvgIpc) is 2.08. The molecule has 30 heteroatoms. The van der Waals surface area contributed by atoms with E-state index in [9.17, 15) is 52.7 Å². The van der Waals surface area contributed by atoms with E-state index in [2.05, 4.69) is 47.2 Å². The molecule has 4 heterocycles. The van der Waals surface area contributed by atoms with Crippen LogP contribution in [0.4, 0.5) is 0 Å². The van der Waals surface area contributed by atoms with Crippen LogP contribution < -0.4 is 65.9 Å². The summed E-state index contributed by atoms with van der Waals surface area (Å²) in [5.74, 6) is -10.2. The molecule has 2 aromatic heterocycles. The highest BCUT2D eigenvalue weighted by Crippen LogP contribution is 2.48. The van der Waals surface area contributed by atoms with Crippen LogP contribution in [0.25, 0.3) is 21.8 Å². The summed E-state index contributed by atoms with van der Waals surface area (Å²) in [4.78, 5) is 175. The SMILES string of the molecule is CC[C@H](C)[C@@H]1NC(=O)[C@@H](Cc2c[nH]c3ccccc23)NC(=O)CC2(CCCCC2)SSC[C@@H](C(=O)N2CCC[C@H]2C(=O)N[C@@H](CCCN=C(N)N)C(=O)N[C@@H](Cc2cn(C=O)c3ccccc23)C(N)=O)NC(=O)[C@H](CC(N)=O)NC(=O)C(CCC(N)=O)NC1=O. The number of carbonyl (C=O) groups is 12. The Morgan fingerprint density at radius 1 is 0.778 bits per heavy atom. The van der Waals surface area contributed by atoms with Crippen LogP contribution in [0.15, 0.2) is 65.9 Å². The van der Waals surface area contributed by atoms with Crippen molar-refractivity contribution in [1.29, 1.82) is 0 Å². The monoisotopic (exact) mass is 1280 g/mol. The van der Waals surface area contributed by atoms with E-state index >= 15 is 4.79 Å². The van der Waals surface area contributed by atoms with Crippen molar-refractivity contribution >= 4 is 121 Å². The standard InChI is InChI=1S/C60H82N16O12S2/c1-3-33(2)50-57(87)70-40(19-20-47(61)78)53(83)72-43(27-48(62)79)54(84)73-44(31-89-90-60(21-9-4-10-22-60)28-49(80)68-42(55(85)74-50)25-34-29-67-38-15-7-5-13-36(34)38)58(88)76-24-12-18-46(76)56(86)69-39(16-11-23-66-59(64)65)52(82)71-41(51(63)81)26-35-30-75(32-77)45-17-8-6-14-37(35)45/h5-8,13-15,17,29-30,32-33,39-44,46,50,67H,3-4,9-12,16,18-28,31H2,1-2H3,(H2,61,78)(H2,62,79)(H2,63,81)(H,68,80)(H,69,86)(H,70,87)(H,71,82)(H,72,83)(H,73,84)(H,74,85)(H4,64,65,66)/t33-,39-,40?,41-,42+,43-,44-,46-,50-/m0/s1. The number of aromatic amines is 1. The summed E-state index contributed by atoms with van der Waals surface area (Å²) in [5.41, 5.74) is 30.8. The number of primary amides is 3. The summed E-state index contributed by atoms with van der Waals surface area (Å²) in [6, 6.07) is 3.06. The number of para-hydroxylation sites is 2. The molecule has 1 unspecified atom stereocenters. The lowest BCUT2D eigenvalue weighted by Gasteiger charge is -2.37. The van der Waals surface area contributed by atoms with Crippen LogP contribution >= 0.6 is 21.6 Å². The number of aromatic nitrogens is 2. The first-order valence-corrected chi connectivity index (χ1v) is 32.5. The highest BCUT2D eigenvalue weighted by atomic mass is 33.1. The molecule has 0 bridgehead atoms. The topological polar surface area (TPSA) is 455 Å². The Morgan fingerprint density at radius 2 is 1.47 bits per heavy atom. The molecule has 3 fully saturated rings. The van der Waals surface area contributed by atoms with Gasteiger partial charge in [0.05, 0.1) is 11.9 Å². The number of guanidine groups is 1. The number of aliphatic imine (C=N–C) groups is 1. The van der Waals surface area contributed by atoms with Crippen LogP contribution in [-0.2, 0) is 70.4 Å². The largest absolute Gasteiger partial charge is 0.370 e. The van der Waals surface area contributed by atoms with Crippen LogP contribution in [0.1, 0.15) is 115 Å². The Hall–Kier alpha value is -8.67. The molecular weight excluding hydrogens is 1200 g/mol. The van der Waals surface area contributed by atoms with Gasteiger partial charge in [-0.05, 0) is 74.1 Å². The molecule has 1 spiro atoms. The lowest BCUT2D eigenvalue weighted by atomic mass is 9.85. The van der Waals surface area contributed by atoms with Gasteiger partial charge in [0, 0.05) is 78.0 Å². The number of nitrogens with one attached hydrogen (secondary N) is 8. The molecule has 9 atom stereocenters. The van der Waals surface area contributed by atoms with E-state index in [1.807, 2.05) is 24.3 Å². The predicted molar refractivity (Wildman–Crippen MR) is 339 cm³/mol. The minimum atomic E-state index is -1.78. The quantitative estimate of drug-likeness (QED) is 0.0156. The summed E-state index contributed by atoms with van der Waals surface area (Å²) in [6.45, 7) is 3.54. The van der Waals surface area contributed by atoms with Crippen molar-refractivity contribution < 1.29 is 57.5 Å². The number of carbonyl (C=O) groups excluding carboxylic acids is 12. The molecule has 1 saturated carbocycles. The zero-order valence-electron chi connectivity index (χ0n) is 50.4. The first-order chi connectivity index (χ1) is 43.0. The maximum atomic E-state index is 15.2. The van der Waals surface area contributed by atoms with Gasteiger partial charge in [0.1, 0.15) is 48.3 Å². The van der Waals surface area contributed by atoms with Crippen molar-refractivity contribution in [2.45, 2.75) is 170 Å². The third-order valence-electron chi connectivity index (χ3n) is 16.7. The summed E-state index contributed by atoms with van der Waals surface area (Å²) >= 11 is 0. The van der Waals surface area contributed by atoms with Gasteiger partial charge >= 0.3 is 0 Å². The number of benzene rings is 2. The zero-order valence-corrected chi connectivity index (χ0v) is 52.1. The van der Waals surface area contributed by atoms with Gasteiger partial charge < -0.3 is 75.8 Å². The number of rotatable bonds is 22. The number of hydrogen-bond acceptors (Lipinski definition) is 15. The molecule has 7 rings (SSSR count). The van der Waals surface area contributed by atoms with Crippen LogP contribution in [0.2, 0.25) is 0 Å². The highest BCUT2D eigenvalue weighted by molar-refractivity contribution is 8.77. The normalized spacial score (nSPS) is 22.3. The summed E-state index contributed by atoms with van der Waals surface area (Å²) in [6.07, 6.45) is 6.37. The zero-order chi connectivity index (χ0) is 65.2. The number of H-pyrrole nitrogens is 1. The molecule has 4 aromatic rings. The number of likely N-dealkylation sites (tertiary alicyclic amines) is 1.